The first-order chi connectivity index (χ1) is 7.45. The van der Waals surface area contributed by atoms with E-state index >= 15 is 0 Å². The van der Waals surface area contributed by atoms with Crippen LogP contribution < -0.4 is 5.48 Å². The fourth-order valence-electron chi connectivity index (χ4n) is 1.99. The first-order valence-corrected chi connectivity index (χ1v) is 5.69. The maximum atomic E-state index is 5.45. The molecule has 0 unspecified atom stereocenters. The molecule has 0 spiro atoms. The minimum Gasteiger partial charge on any atom is -0.301 e. The van der Waals surface area contributed by atoms with Crippen molar-refractivity contribution < 1.29 is 4.84 Å². The molecule has 3 nitrogen and oxygen atoms in total. The summed E-state index contributed by atoms with van der Waals surface area (Å²) in [4.78, 5) is 9.42. The van der Waals surface area contributed by atoms with Gasteiger partial charge < -0.3 is 4.84 Å². The topological polar surface area (TPSA) is 34.1 Å². The summed E-state index contributed by atoms with van der Waals surface area (Å²) in [5.41, 5.74) is 4.21. The van der Waals surface area contributed by atoms with Crippen molar-refractivity contribution in [3.63, 3.8) is 0 Å². The van der Waals surface area contributed by atoms with Gasteiger partial charge in [0, 0.05) is 18.9 Å². The molecule has 0 amide bonds. The van der Waals surface area contributed by atoms with Crippen molar-refractivity contribution in [2.24, 2.45) is 5.92 Å². The number of nitrogens with one attached hydrogen (secondary N) is 1. The zero-order valence-corrected chi connectivity index (χ0v) is 8.98. The van der Waals surface area contributed by atoms with E-state index in [4.69, 9.17) is 4.84 Å². The number of rotatable bonds is 5. The second-order valence-corrected chi connectivity index (χ2v) is 4.14. The van der Waals surface area contributed by atoms with Gasteiger partial charge in [-0.3, -0.25) is 4.98 Å². The molecule has 1 aromatic rings. The molecule has 1 aliphatic carbocycles. The maximum Gasteiger partial charge on any atom is 0.0710 e. The third-order valence-corrected chi connectivity index (χ3v) is 2.92. The van der Waals surface area contributed by atoms with E-state index in [1.54, 1.807) is 12.4 Å². The van der Waals surface area contributed by atoms with Gasteiger partial charge in [0.05, 0.1) is 6.61 Å². The molecule has 1 heterocycles. The number of hydrogen-bond acceptors (Lipinski definition) is 3. The van der Waals surface area contributed by atoms with Crippen LogP contribution in [0.1, 0.15) is 31.2 Å². The molecule has 1 saturated carbocycles. The van der Waals surface area contributed by atoms with Crippen molar-refractivity contribution in [2.75, 3.05) is 6.61 Å². The quantitative estimate of drug-likeness (QED) is 0.593. The normalized spacial score (nSPS) is 17.1. The van der Waals surface area contributed by atoms with E-state index in [0.717, 1.165) is 19.1 Å². The third kappa shape index (κ3) is 3.61. The lowest BCUT2D eigenvalue weighted by molar-refractivity contribution is 0.0142. The van der Waals surface area contributed by atoms with Crippen molar-refractivity contribution in [1.29, 1.82) is 0 Å². The van der Waals surface area contributed by atoms with Crippen LogP contribution in [0.2, 0.25) is 0 Å². The van der Waals surface area contributed by atoms with Gasteiger partial charge in [0.25, 0.3) is 0 Å². The molecule has 0 atom stereocenters. The summed E-state index contributed by atoms with van der Waals surface area (Å²) in [5, 5.41) is 0. The first-order valence-electron chi connectivity index (χ1n) is 5.69. The predicted octanol–water partition coefficient (Wildman–Crippen LogP) is 2.29. The van der Waals surface area contributed by atoms with Crippen LogP contribution in [0, 0.1) is 5.92 Å². The lowest BCUT2D eigenvalue weighted by Crippen LogP contribution is -2.18. The van der Waals surface area contributed by atoms with Gasteiger partial charge in [0.15, 0.2) is 0 Å². The third-order valence-electron chi connectivity index (χ3n) is 2.92. The van der Waals surface area contributed by atoms with Crippen LogP contribution in [0.25, 0.3) is 0 Å². The van der Waals surface area contributed by atoms with E-state index in [0.29, 0.717) is 0 Å². The molecule has 82 valence electrons. The van der Waals surface area contributed by atoms with E-state index < -0.39 is 0 Å². The molecule has 1 N–H and O–H groups in total. The molecule has 0 bridgehead atoms. The second kappa shape index (κ2) is 5.83. The SMILES string of the molecule is c1cc(CNOCC2CCCC2)ccn1. The fourth-order valence-corrected chi connectivity index (χ4v) is 1.99. The van der Waals surface area contributed by atoms with Crippen LogP contribution in [-0.4, -0.2) is 11.6 Å². The molecule has 3 heteroatoms. The van der Waals surface area contributed by atoms with Crippen LogP contribution in [0.3, 0.4) is 0 Å². The summed E-state index contributed by atoms with van der Waals surface area (Å²) in [5.74, 6) is 0.773. The van der Waals surface area contributed by atoms with E-state index in [-0.39, 0.29) is 0 Å². The average molecular weight is 206 g/mol. The Morgan fingerprint density at radius 3 is 2.73 bits per heavy atom. The monoisotopic (exact) mass is 206 g/mol. The molecule has 1 aromatic heterocycles. The summed E-state index contributed by atoms with van der Waals surface area (Å²) in [6, 6.07) is 3.98. The highest BCUT2D eigenvalue weighted by molar-refractivity contribution is 5.08. The average Bonchev–Trinajstić information content (AvgIpc) is 2.79. The van der Waals surface area contributed by atoms with E-state index in [1.807, 2.05) is 12.1 Å². The lowest BCUT2D eigenvalue weighted by atomic mass is 10.1. The number of pyridine rings is 1. The number of nitrogens with zero attached hydrogens (tertiary/aromatic N) is 1. The molecular weight excluding hydrogens is 188 g/mol. The maximum absolute atomic E-state index is 5.45. The van der Waals surface area contributed by atoms with Crippen LogP contribution in [0.5, 0.6) is 0 Å². The summed E-state index contributed by atoms with van der Waals surface area (Å²) < 4.78 is 0. The highest BCUT2D eigenvalue weighted by atomic mass is 16.6. The largest absolute Gasteiger partial charge is 0.301 e. The Bertz CT molecular complexity index is 270. The van der Waals surface area contributed by atoms with E-state index in [2.05, 4.69) is 10.5 Å². The van der Waals surface area contributed by atoms with Crippen molar-refractivity contribution in [3.8, 4) is 0 Å². The summed E-state index contributed by atoms with van der Waals surface area (Å²) in [6.07, 6.45) is 9.01. The van der Waals surface area contributed by atoms with Gasteiger partial charge in [0.1, 0.15) is 0 Å². The van der Waals surface area contributed by atoms with Crippen molar-refractivity contribution >= 4 is 0 Å². The number of hydrogen-bond donors (Lipinski definition) is 1. The van der Waals surface area contributed by atoms with Gasteiger partial charge in [-0.05, 0) is 36.5 Å². The van der Waals surface area contributed by atoms with Crippen LogP contribution >= 0.6 is 0 Å². The van der Waals surface area contributed by atoms with E-state index in [1.165, 1.54) is 31.2 Å². The Kier molecular flexibility index (Phi) is 4.11. The summed E-state index contributed by atoms with van der Waals surface area (Å²) in [7, 11) is 0. The lowest BCUT2D eigenvalue weighted by Gasteiger charge is -2.10. The standard InChI is InChI=1S/C12H18N2O/c1-2-4-12(3-1)10-15-14-9-11-5-7-13-8-6-11/h5-8,12,14H,1-4,9-10H2. The Morgan fingerprint density at radius 1 is 1.27 bits per heavy atom. The van der Waals surface area contributed by atoms with Gasteiger partial charge in [-0.1, -0.05) is 12.8 Å². The van der Waals surface area contributed by atoms with Gasteiger partial charge in [-0.25, -0.2) is 0 Å². The van der Waals surface area contributed by atoms with Crippen LogP contribution in [-0.2, 0) is 11.4 Å². The number of hydroxylamine groups is 1. The minimum atomic E-state index is 0.759. The zero-order chi connectivity index (χ0) is 10.3. The summed E-state index contributed by atoms with van der Waals surface area (Å²) >= 11 is 0. The van der Waals surface area contributed by atoms with Gasteiger partial charge in [0.2, 0.25) is 0 Å². The molecule has 0 aromatic carbocycles. The zero-order valence-electron chi connectivity index (χ0n) is 8.98. The van der Waals surface area contributed by atoms with Gasteiger partial charge in [-0.15, -0.1) is 0 Å². The Hall–Kier alpha value is -0.930. The fraction of sp³-hybridized carbons (Fsp3) is 0.583. The molecule has 0 aliphatic heterocycles. The van der Waals surface area contributed by atoms with Crippen LogP contribution in [0.4, 0.5) is 0 Å². The molecule has 1 fully saturated rings. The molecule has 0 radical (unpaired) electrons. The van der Waals surface area contributed by atoms with Crippen molar-refractivity contribution in [3.05, 3.63) is 30.1 Å². The second-order valence-electron chi connectivity index (χ2n) is 4.14. The minimum absolute atomic E-state index is 0.759. The molecule has 1 aliphatic rings. The molecule has 0 saturated heterocycles. The van der Waals surface area contributed by atoms with Crippen molar-refractivity contribution in [2.45, 2.75) is 32.2 Å². The number of aromatic nitrogens is 1. The Balaban J connectivity index is 1.59. The van der Waals surface area contributed by atoms with Gasteiger partial charge in [-0.2, -0.15) is 5.48 Å². The Labute approximate surface area is 90.8 Å². The highest BCUT2D eigenvalue weighted by Crippen LogP contribution is 2.24. The molecule has 15 heavy (non-hydrogen) atoms. The van der Waals surface area contributed by atoms with Gasteiger partial charge >= 0.3 is 0 Å². The smallest absolute Gasteiger partial charge is 0.0710 e. The highest BCUT2D eigenvalue weighted by Gasteiger charge is 2.14. The van der Waals surface area contributed by atoms with E-state index in [9.17, 15) is 0 Å². The predicted molar refractivity (Wildman–Crippen MR) is 59.0 cm³/mol. The Morgan fingerprint density at radius 2 is 2.00 bits per heavy atom. The summed E-state index contributed by atoms with van der Waals surface area (Å²) in [6.45, 7) is 1.61. The molecule has 2 rings (SSSR count). The van der Waals surface area contributed by atoms with Crippen molar-refractivity contribution in [1.82, 2.24) is 10.5 Å². The first kappa shape index (κ1) is 10.6. The molecular formula is C12H18N2O. The van der Waals surface area contributed by atoms with Crippen LogP contribution in [0.15, 0.2) is 24.5 Å².